The summed E-state index contributed by atoms with van der Waals surface area (Å²) in [7, 11) is 0. The van der Waals surface area contributed by atoms with E-state index >= 15 is 0 Å². The molecule has 2 atom stereocenters. The van der Waals surface area contributed by atoms with Crippen molar-refractivity contribution in [3.8, 4) is 0 Å². The minimum Gasteiger partial charge on any atom is -0.381 e. The highest BCUT2D eigenvalue weighted by atomic mass is 16.5. The number of H-pyrrole nitrogens is 1. The Hall–Kier alpha value is -2.71. The highest BCUT2D eigenvalue weighted by molar-refractivity contribution is 5.90. The van der Waals surface area contributed by atoms with Crippen molar-refractivity contribution < 1.29 is 4.74 Å². The fourth-order valence-corrected chi connectivity index (χ4v) is 5.19. The number of pyridine rings is 1. The molecule has 0 unspecified atom stereocenters. The Bertz CT molecular complexity index is 1040. The monoisotopic (exact) mass is 405 g/mol. The van der Waals surface area contributed by atoms with Gasteiger partial charge in [-0.15, -0.1) is 0 Å². The number of hydrogen-bond donors (Lipinski definition) is 3. The van der Waals surface area contributed by atoms with Crippen molar-refractivity contribution >= 4 is 22.7 Å². The van der Waals surface area contributed by atoms with E-state index in [0.717, 1.165) is 67.5 Å². The summed E-state index contributed by atoms with van der Waals surface area (Å²) < 4.78 is 5.54. The second kappa shape index (κ2) is 7.52. The number of ether oxygens (including phenoxy) is 1. The predicted molar refractivity (Wildman–Crippen MR) is 116 cm³/mol. The Morgan fingerprint density at radius 1 is 1.20 bits per heavy atom. The predicted octanol–water partition coefficient (Wildman–Crippen LogP) is 2.41. The molecule has 8 heteroatoms. The Kier molecular flexibility index (Phi) is 4.53. The Labute approximate surface area is 175 Å². The third-order valence-corrected chi connectivity index (χ3v) is 6.74. The molecule has 30 heavy (non-hydrogen) atoms. The summed E-state index contributed by atoms with van der Waals surface area (Å²) in [5, 5.41) is 8.18. The number of nitrogens with zero attached hydrogens (tertiary/aromatic N) is 4. The fraction of sp³-hybridized carbons (Fsp3) is 0.500. The van der Waals surface area contributed by atoms with Gasteiger partial charge in [-0.3, -0.25) is 0 Å². The molecule has 0 aromatic carbocycles. The number of fused-ring (bicyclic) bond motifs is 3. The van der Waals surface area contributed by atoms with Gasteiger partial charge in [0.1, 0.15) is 23.6 Å². The van der Waals surface area contributed by atoms with Crippen molar-refractivity contribution in [1.82, 2.24) is 25.3 Å². The molecular formula is C22H27N7O. The molecule has 6 heterocycles. The smallest absolute Gasteiger partial charge is 0.143 e. The first-order valence-electron chi connectivity index (χ1n) is 10.9. The maximum atomic E-state index is 5.54. The summed E-state index contributed by atoms with van der Waals surface area (Å²) in [6.07, 6.45) is 7.02. The zero-order valence-corrected chi connectivity index (χ0v) is 17.0. The van der Waals surface area contributed by atoms with Crippen molar-refractivity contribution in [2.45, 2.75) is 43.8 Å². The van der Waals surface area contributed by atoms with E-state index in [2.05, 4.69) is 54.9 Å². The molecule has 3 aromatic heterocycles. The van der Waals surface area contributed by atoms with Gasteiger partial charge in [0.15, 0.2) is 0 Å². The van der Waals surface area contributed by atoms with E-state index < -0.39 is 0 Å². The topological polar surface area (TPSA) is 91.0 Å². The number of nitrogens with one attached hydrogen (secondary N) is 3. The van der Waals surface area contributed by atoms with Gasteiger partial charge < -0.3 is 25.3 Å². The normalized spacial score (nSPS) is 24.1. The van der Waals surface area contributed by atoms with Gasteiger partial charge in [0, 0.05) is 44.6 Å². The summed E-state index contributed by atoms with van der Waals surface area (Å²) in [6.45, 7) is 4.39. The number of piperazine rings is 1. The van der Waals surface area contributed by atoms with Crippen molar-refractivity contribution in [2.75, 3.05) is 36.5 Å². The number of hydrogen-bond acceptors (Lipinski definition) is 7. The molecule has 0 spiro atoms. The summed E-state index contributed by atoms with van der Waals surface area (Å²) in [5.74, 6) is 2.44. The summed E-state index contributed by atoms with van der Waals surface area (Å²) >= 11 is 0. The lowest BCUT2D eigenvalue weighted by Crippen LogP contribution is -2.44. The van der Waals surface area contributed by atoms with Gasteiger partial charge in [-0.2, -0.15) is 0 Å². The van der Waals surface area contributed by atoms with Gasteiger partial charge in [0.05, 0.1) is 17.6 Å². The van der Waals surface area contributed by atoms with Crippen LogP contribution in [0.2, 0.25) is 0 Å². The second-order valence-corrected chi connectivity index (χ2v) is 8.56. The van der Waals surface area contributed by atoms with Crippen LogP contribution in [0.25, 0.3) is 11.0 Å². The second-order valence-electron chi connectivity index (χ2n) is 8.56. The van der Waals surface area contributed by atoms with Crippen LogP contribution in [0.4, 0.5) is 11.6 Å². The van der Waals surface area contributed by atoms with Gasteiger partial charge in [-0.05, 0) is 42.9 Å². The maximum Gasteiger partial charge on any atom is 0.143 e. The van der Waals surface area contributed by atoms with E-state index in [1.807, 2.05) is 0 Å². The molecule has 0 radical (unpaired) electrons. The van der Waals surface area contributed by atoms with Crippen molar-refractivity contribution in [3.63, 3.8) is 0 Å². The Morgan fingerprint density at radius 3 is 2.97 bits per heavy atom. The maximum absolute atomic E-state index is 5.54. The van der Waals surface area contributed by atoms with Crippen LogP contribution in [0, 0.1) is 0 Å². The lowest BCUT2D eigenvalue weighted by Gasteiger charge is -2.28. The number of aromatic nitrogens is 4. The van der Waals surface area contributed by atoms with Gasteiger partial charge in [-0.25, -0.2) is 15.0 Å². The highest BCUT2D eigenvalue weighted by Crippen LogP contribution is 2.35. The van der Waals surface area contributed by atoms with Crippen LogP contribution in [0.5, 0.6) is 0 Å². The fourth-order valence-electron chi connectivity index (χ4n) is 5.19. The van der Waals surface area contributed by atoms with Crippen molar-refractivity contribution in [1.29, 1.82) is 0 Å². The molecule has 3 fully saturated rings. The number of rotatable bonds is 5. The van der Waals surface area contributed by atoms with Crippen LogP contribution in [0.1, 0.15) is 36.4 Å². The van der Waals surface area contributed by atoms with E-state index in [9.17, 15) is 0 Å². The minimum absolute atomic E-state index is 0.486. The highest BCUT2D eigenvalue weighted by Gasteiger charge is 2.38. The van der Waals surface area contributed by atoms with Gasteiger partial charge in [0.25, 0.3) is 0 Å². The standard InChI is InChI=1S/C22H27N7O/c1-2-15(28-19(3-1)29-12-16-8-17(29)10-23-16)9-24-21-20-18(14-4-6-30-7-5-14)11-25-22(20)27-13-26-21/h1-3,11,13-14,16-17,23H,4-10,12H2,(H2,24,25,26,27)/t16-,17-/m1/s1. The third-order valence-electron chi connectivity index (χ3n) is 6.74. The van der Waals surface area contributed by atoms with Crippen LogP contribution in [-0.4, -0.2) is 58.3 Å². The largest absolute Gasteiger partial charge is 0.381 e. The lowest BCUT2D eigenvalue weighted by atomic mass is 9.92. The molecule has 156 valence electrons. The zero-order chi connectivity index (χ0) is 19.9. The van der Waals surface area contributed by atoms with E-state index in [1.54, 1.807) is 6.33 Å². The molecule has 0 aliphatic carbocycles. The van der Waals surface area contributed by atoms with Crippen molar-refractivity contribution in [2.24, 2.45) is 0 Å². The quantitative estimate of drug-likeness (QED) is 0.600. The van der Waals surface area contributed by atoms with Gasteiger partial charge >= 0.3 is 0 Å². The van der Waals surface area contributed by atoms with E-state index in [-0.39, 0.29) is 0 Å². The van der Waals surface area contributed by atoms with Crippen LogP contribution in [0.15, 0.2) is 30.7 Å². The van der Waals surface area contributed by atoms with E-state index in [4.69, 9.17) is 9.72 Å². The van der Waals surface area contributed by atoms with Crippen LogP contribution < -0.4 is 15.5 Å². The molecule has 3 aliphatic heterocycles. The Morgan fingerprint density at radius 2 is 2.13 bits per heavy atom. The van der Waals surface area contributed by atoms with E-state index in [1.165, 1.54) is 12.0 Å². The van der Waals surface area contributed by atoms with Crippen LogP contribution >= 0.6 is 0 Å². The summed E-state index contributed by atoms with van der Waals surface area (Å²) in [6, 6.07) is 7.51. The SMILES string of the molecule is c1cc(CNc2ncnc3[nH]cc(C4CCOCC4)c23)nc(N2C[C@H]3C[C@@H]2CN3)c1. The van der Waals surface area contributed by atoms with Crippen LogP contribution in [0.3, 0.4) is 0 Å². The molecule has 8 nitrogen and oxygen atoms in total. The first kappa shape index (κ1) is 18.1. The summed E-state index contributed by atoms with van der Waals surface area (Å²) in [5.41, 5.74) is 3.20. The molecule has 3 saturated heterocycles. The minimum atomic E-state index is 0.486. The summed E-state index contributed by atoms with van der Waals surface area (Å²) in [4.78, 5) is 19.7. The number of aromatic amines is 1. The number of anilines is 2. The zero-order valence-electron chi connectivity index (χ0n) is 17.0. The third kappa shape index (κ3) is 3.20. The van der Waals surface area contributed by atoms with Crippen LogP contribution in [-0.2, 0) is 11.3 Å². The molecule has 6 rings (SSSR count). The first-order chi connectivity index (χ1) is 14.8. The Balaban J connectivity index is 1.23. The molecule has 3 aliphatic rings. The first-order valence-corrected chi connectivity index (χ1v) is 10.9. The molecule has 3 N–H and O–H groups in total. The van der Waals surface area contributed by atoms with Gasteiger partial charge in [0.2, 0.25) is 0 Å². The molecule has 3 aromatic rings. The molecule has 2 bridgehead atoms. The average Bonchev–Trinajstić information content (AvgIpc) is 3.54. The molecular weight excluding hydrogens is 378 g/mol. The van der Waals surface area contributed by atoms with Crippen molar-refractivity contribution in [3.05, 3.63) is 42.0 Å². The average molecular weight is 406 g/mol. The molecule has 0 amide bonds. The molecule has 0 saturated carbocycles. The lowest BCUT2D eigenvalue weighted by molar-refractivity contribution is 0.0856. The van der Waals surface area contributed by atoms with Gasteiger partial charge in [-0.1, -0.05) is 6.07 Å². The van der Waals surface area contributed by atoms with E-state index in [0.29, 0.717) is 24.5 Å².